The lowest BCUT2D eigenvalue weighted by molar-refractivity contribution is 0.0952. The van der Waals surface area contributed by atoms with Gasteiger partial charge in [-0.25, -0.2) is 0 Å². The average Bonchev–Trinajstić information content (AvgIpc) is 2.61. The number of rotatable bonds is 5. The lowest BCUT2D eigenvalue weighted by atomic mass is 10.0. The average molecular weight is 392 g/mol. The lowest BCUT2D eigenvalue weighted by Gasteiger charge is -2.11. The largest absolute Gasteiger partial charge is 0.351 e. The predicted molar refractivity (Wildman–Crippen MR) is 113 cm³/mol. The fraction of sp³-hybridized carbons (Fsp3) is 0.200. The van der Waals surface area contributed by atoms with E-state index in [2.05, 4.69) is 28.5 Å². The Morgan fingerprint density at radius 1 is 1.00 bits per heavy atom. The van der Waals surface area contributed by atoms with E-state index in [4.69, 9.17) is 0 Å². The number of aromatic nitrogens is 1. The van der Waals surface area contributed by atoms with Gasteiger partial charge < -0.3 is 10.2 Å². The maximum absolute atomic E-state index is 12.4. The van der Waals surface area contributed by atoms with Gasteiger partial charge in [-0.1, -0.05) is 42.5 Å². The van der Waals surface area contributed by atoms with Gasteiger partial charge in [0.2, 0.25) is 0 Å². The van der Waals surface area contributed by atoms with Gasteiger partial charge in [0.25, 0.3) is 5.91 Å². The third kappa shape index (κ3) is 5.18. The second kappa shape index (κ2) is 10.1. The van der Waals surface area contributed by atoms with Crippen molar-refractivity contribution in [3.63, 3.8) is 0 Å². The van der Waals surface area contributed by atoms with Gasteiger partial charge in [-0.05, 0) is 31.8 Å². The van der Waals surface area contributed by atoms with Crippen LogP contribution in [0.5, 0.6) is 0 Å². The number of benzene rings is 2. The summed E-state index contributed by atoms with van der Waals surface area (Å²) in [7, 11) is 3.97. The molecule has 2 aromatic carbocycles. The van der Waals surface area contributed by atoms with Crippen molar-refractivity contribution in [3.05, 3.63) is 66.4 Å². The molecule has 1 aromatic heterocycles. The summed E-state index contributed by atoms with van der Waals surface area (Å²) in [6, 6.07) is 17.9. The molecule has 0 unspecified atom stereocenters. The van der Waals surface area contributed by atoms with E-state index in [-0.39, 0.29) is 30.7 Å². The summed E-state index contributed by atoms with van der Waals surface area (Å²) in [5, 5.41) is 3.92. The minimum atomic E-state index is -0.0811. The van der Waals surface area contributed by atoms with Crippen LogP contribution < -0.4 is 5.32 Å². The van der Waals surface area contributed by atoms with Crippen LogP contribution in [0.4, 0.5) is 0 Å². The second-order valence-corrected chi connectivity index (χ2v) is 6.03. The number of para-hydroxylation sites is 1. The van der Waals surface area contributed by atoms with Crippen LogP contribution in [-0.2, 0) is 0 Å². The number of hydrogen-bond donors (Lipinski definition) is 1. The molecule has 1 amide bonds. The van der Waals surface area contributed by atoms with Gasteiger partial charge >= 0.3 is 0 Å². The fourth-order valence-corrected chi connectivity index (χ4v) is 2.62. The van der Waals surface area contributed by atoms with E-state index in [1.54, 1.807) is 0 Å². The predicted octanol–water partition coefficient (Wildman–Crippen LogP) is 4.04. The van der Waals surface area contributed by atoms with Gasteiger partial charge in [0.15, 0.2) is 0 Å². The van der Waals surface area contributed by atoms with E-state index >= 15 is 0 Å². The van der Waals surface area contributed by atoms with Crippen LogP contribution in [0.1, 0.15) is 10.4 Å². The van der Waals surface area contributed by atoms with Crippen molar-refractivity contribution < 1.29 is 4.79 Å². The summed E-state index contributed by atoms with van der Waals surface area (Å²) >= 11 is 0. The number of nitrogens with one attached hydrogen (secondary N) is 1. The molecule has 0 atom stereocenters. The third-order valence-electron chi connectivity index (χ3n) is 3.91. The standard InChI is InChI=1S/C20H21N3O.2ClH/c1-23(2)12-11-21-20(24)18-10-6-9-16-13-17(14-22-19(16)18)15-7-4-3-5-8-15;;/h3-10,13-14H,11-12H2,1-2H3,(H,21,24);2*1H. The zero-order chi connectivity index (χ0) is 16.9. The maximum Gasteiger partial charge on any atom is 0.253 e. The van der Waals surface area contributed by atoms with Gasteiger partial charge in [0.1, 0.15) is 0 Å². The van der Waals surface area contributed by atoms with Gasteiger partial charge in [-0.2, -0.15) is 0 Å². The number of carbonyl (C=O) groups is 1. The summed E-state index contributed by atoms with van der Waals surface area (Å²) < 4.78 is 0. The molecule has 0 bridgehead atoms. The number of hydrogen-bond acceptors (Lipinski definition) is 3. The van der Waals surface area contributed by atoms with Crippen molar-refractivity contribution in [3.8, 4) is 11.1 Å². The Morgan fingerprint density at radius 2 is 1.73 bits per heavy atom. The highest BCUT2D eigenvalue weighted by atomic mass is 35.5. The molecule has 0 fully saturated rings. The van der Waals surface area contributed by atoms with Crippen LogP contribution in [0.15, 0.2) is 60.8 Å². The molecule has 1 heterocycles. The Labute approximate surface area is 166 Å². The first-order chi connectivity index (χ1) is 11.6. The normalized spacial score (nSPS) is 10.1. The summed E-state index contributed by atoms with van der Waals surface area (Å²) in [5.74, 6) is -0.0811. The first-order valence-corrected chi connectivity index (χ1v) is 8.02. The molecule has 0 aliphatic carbocycles. The topological polar surface area (TPSA) is 45.2 Å². The Hall–Kier alpha value is -2.14. The van der Waals surface area contributed by atoms with E-state index in [0.717, 1.165) is 28.6 Å². The Morgan fingerprint density at radius 3 is 2.42 bits per heavy atom. The Kier molecular flexibility index (Phi) is 8.52. The number of amides is 1. The van der Waals surface area contributed by atoms with Crippen molar-refractivity contribution in [1.82, 2.24) is 15.2 Å². The quantitative estimate of drug-likeness (QED) is 0.713. The Balaban J connectivity index is 0.00000169. The number of halogens is 2. The highest BCUT2D eigenvalue weighted by Gasteiger charge is 2.11. The summed E-state index contributed by atoms with van der Waals surface area (Å²) in [6.07, 6.45) is 1.83. The molecule has 138 valence electrons. The molecule has 1 N–H and O–H groups in total. The zero-order valence-corrected chi connectivity index (χ0v) is 16.4. The van der Waals surface area contributed by atoms with Crippen molar-refractivity contribution in [2.75, 3.05) is 27.2 Å². The molecule has 0 saturated carbocycles. The third-order valence-corrected chi connectivity index (χ3v) is 3.91. The summed E-state index contributed by atoms with van der Waals surface area (Å²) in [5.41, 5.74) is 3.52. The van der Waals surface area contributed by atoms with Gasteiger partial charge in [-0.15, -0.1) is 24.8 Å². The van der Waals surface area contributed by atoms with Crippen LogP contribution >= 0.6 is 24.8 Å². The number of fused-ring (bicyclic) bond motifs is 1. The van der Waals surface area contributed by atoms with Crippen molar-refractivity contribution in [2.45, 2.75) is 0 Å². The SMILES string of the molecule is CN(C)CCNC(=O)c1cccc2cc(-c3ccccc3)cnc12.Cl.Cl. The molecule has 26 heavy (non-hydrogen) atoms. The van der Waals surface area contributed by atoms with Gasteiger partial charge in [0, 0.05) is 30.2 Å². The second-order valence-electron chi connectivity index (χ2n) is 6.03. The van der Waals surface area contributed by atoms with Crippen LogP contribution in [0, 0.1) is 0 Å². The molecule has 4 nitrogen and oxygen atoms in total. The van der Waals surface area contributed by atoms with E-state index in [9.17, 15) is 4.79 Å². The first kappa shape index (κ1) is 21.9. The Bertz CT molecular complexity index is 854. The van der Waals surface area contributed by atoms with E-state index in [1.165, 1.54) is 0 Å². The van der Waals surface area contributed by atoms with E-state index in [1.807, 2.05) is 61.6 Å². The number of nitrogens with zero attached hydrogens (tertiary/aromatic N) is 2. The molecule has 0 aliphatic rings. The molecular weight excluding hydrogens is 369 g/mol. The highest BCUT2D eigenvalue weighted by molar-refractivity contribution is 6.06. The van der Waals surface area contributed by atoms with Gasteiger partial charge in [-0.3, -0.25) is 9.78 Å². The number of carbonyl (C=O) groups excluding carboxylic acids is 1. The molecule has 3 rings (SSSR count). The van der Waals surface area contributed by atoms with Crippen LogP contribution in [0.25, 0.3) is 22.0 Å². The lowest BCUT2D eigenvalue weighted by Crippen LogP contribution is -2.31. The highest BCUT2D eigenvalue weighted by Crippen LogP contribution is 2.24. The van der Waals surface area contributed by atoms with Crippen molar-refractivity contribution in [1.29, 1.82) is 0 Å². The van der Waals surface area contributed by atoms with E-state index in [0.29, 0.717) is 12.1 Å². The summed E-state index contributed by atoms with van der Waals surface area (Å²) in [6.45, 7) is 1.42. The minimum absolute atomic E-state index is 0. The smallest absolute Gasteiger partial charge is 0.253 e. The number of likely N-dealkylation sites (N-methyl/N-ethyl adjacent to an activating group) is 1. The number of pyridine rings is 1. The minimum Gasteiger partial charge on any atom is -0.351 e. The molecular formula is C20H23Cl2N3O. The molecule has 6 heteroatoms. The summed E-state index contributed by atoms with van der Waals surface area (Å²) in [4.78, 5) is 19.0. The zero-order valence-electron chi connectivity index (χ0n) is 14.8. The molecule has 0 spiro atoms. The van der Waals surface area contributed by atoms with Gasteiger partial charge in [0.05, 0.1) is 11.1 Å². The van der Waals surface area contributed by atoms with Crippen LogP contribution in [0.3, 0.4) is 0 Å². The first-order valence-electron chi connectivity index (χ1n) is 8.02. The fourth-order valence-electron chi connectivity index (χ4n) is 2.62. The van der Waals surface area contributed by atoms with Crippen molar-refractivity contribution in [2.24, 2.45) is 0 Å². The van der Waals surface area contributed by atoms with Crippen LogP contribution in [-0.4, -0.2) is 43.0 Å². The molecule has 0 saturated heterocycles. The monoisotopic (exact) mass is 391 g/mol. The molecule has 0 aliphatic heterocycles. The molecule has 0 radical (unpaired) electrons. The van der Waals surface area contributed by atoms with E-state index < -0.39 is 0 Å². The van der Waals surface area contributed by atoms with Crippen molar-refractivity contribution >= 4 is 41.6 Å². The maximum atomic E-state index is 12.4. The van der Waals surface area contributed by atoms with Crippen LogP contribution in [0.2, 0.25) is 0 Å². The molecule has 3 aromatic rings.